The minimum absolute atomic E-state index is 0.0853. The maximum absolute atomic E-state index is 12.9. The standard InChI is InChI=1S/C11H12ClFO2/c1-7-4-8(2-3-10(7)13)5-9(12)6-11(14)15/h2-4,9H,5-6H2,1H3,(H,14,15). The first kappa shape index (κ1) is 12.0. The Morgan fingerprint density at radius 2 is 2.27 bits per heavy atom. The molecular weight excluding hydrogens is 219 g/mol. The largest absolute Gasteiger partial charge is 0.481 e. The van der Waals surface area contributed by atoms with Gasteiger partial charge < -0.3 is 5.11 Å². The van der Waals surface area contributed by atoms with Crippen molar-refractivity contribution < 1.29 is 14.3 Å². The Morgan fingerprint density at radius 1 is 1.60 bits per heavy atom. The van der Waals surface area contributed by atoms with Crippen molar-refractivity contribution in [2.24, 2.45) is 0 Å². The number of carboxylic acid groups (broad SMARTS) is 1. The van der Waals surface area contributed by atoms with Crippen molar-refractivity contribution in [3.63, 3.8) is 0 Å². The molecule has 2 nitrogen and oxygen atoms in total. The van der Waals surface area contributed by atoms with Gasteiger partial charge in [-0.2, -0.15) is 0 Å². The van der Waals surface area contributed by atoms with Crippen LogP contribution in [0.15, 0.2) is 18.2 Å². The van der Waals surface area contributed by atoms with E-state index in [0.29, 0.717) is 12.0 Å². The number of benzene rings is 1. The molecule has 0 aromatic heterocycles. The third kappa shape index (κ3) is 3.88. The van der Waals surface area contributed by atoms with Gasteiger partial charge in [0.1, 0.15) is 5.82 Å². The molecule has 0 saturated carbocycles. The first-order valence-corrected chi connectivity index (χ1v) is 5.03. The molecule has 1 unspecified atom stereocenters. The van der Waals surface area contributed by atoms with Crippen LogP contribution < -0.4 is 0 Å². The molecule has 4 heteroatoms. The summed E-state index contributed by atoms with van der Waals surface area (Å²) in [4.78, 5) is 10.4. The highest BCUT2D eigenvalue weighted by molar-refractivity contribution is 6.21. The quantitative estimate of drug-likeness (QED) is 0.808. The Balaban J connectivity index is 2.64. The number of hydrogen-bond acceptors (Lipinski definition) is 1. The van der Waals surface area contributed by atoms with Gasteiger partial charge in [0.05, 0.1) is 6.42 Å². The molecule has 0 fully saturated rings. The zero-order valence-electron chi connectivity index (χ0n) is 8.34. The topological polar surface area (TPSA) is 37.3 Å². The predicted molar refractivity (Wildman–Crippen MR) is 56.7 cm³/mol. The van der Waals surface area contributed by atoms with E-state index in [4.69, 9.17) is 16.7 Å². The zero-order valence-corrected chi connectivity index (χ0v) is 9.09. The fourth-order valence-electron chi connectivity index (χ4n) is 1.35. The van der Waals surface area contributed by atoms with E-state index >= 15 is 0 Å². The first-order chi connectivity index (χ1) is 6.99. The molecule has 0 bridgehead atoms. The minimum atomic E-state index is -0.922. The Hall–Kier alpha value is -1.09. The van der Waals surface area contributed by atoms with Crippen LogP contribution in [0.5, 0.6) is 0 Å². The third-order valence-corrected chi connectivity index (χ3v) is 2.38. The van der Waals surface area contributed by atoms with Gasteiger partial charge in [-0.25, -0.2) is 4.39 Å². The molecule has 0 heterocycles. The lowest BCUT2D eigenvalue weighted by Gasteiger charge is -2.07. The molecule has 82 valence electrons. The number of carboxylic acids is 1. The van der Waals surface area contributed by atoms with E-state index in [2.05, 4.69) is 0 Å². The van der Waals surface area contributed by atoms with Gasteiger partial charge in [0.15, 0.2) is 0 Å². The summed E-state index contributed by atoms with van der Waals surface area (Å²) >= 11 is 5.83. The molecule has 0 aliphatic carbocycles. The van der Waals surface area contributed by atoms with Gasteiger partial charge in [-0.05, 0) is 30.5 Å². The second-order valence-corrected chi connectivity index (χ2v) is 4.10. The Morgan fingerprint density at radius 3 is 2.80 bits per heavy atom. The normalized spacial score (nSPS) is 12.5. The van der Waals surface area contributed by atoms with Crippen molar-refractivity contribution >= 4 is 17.6 Å². The molecule has 1 atom stereocenters. The van der Waals surface area contributed by atoms with Crippen LogP contribution in [0.3, 0.4) is 0 Å². The summed E-state index contributed by atoms with van der Waals surface area (Å²) in [6.45, 7) is 1.67. The van der Waals surface area contributed by atoms with Crippen molar-refractivity contribution in [3.05, 3.63) is 35.1 Å². The highest BCUT2D eigenvalue weighted by atomic mass is 35.5. The Bertz CT molecular complexity index is 366. The van der Waals surface area contributed by atoms with E-state index in [1.54, 1.807) is 19.1 Å². The van der Waals surface area contributed by atoms with Gasteiger partial charge in [0, 0.05) is 5.38 Å². The van der Waals surface area contributed by atoms with E-state index in [1.165, 1.54) is 6.07 Å². The van der Waals surface area contributed by atoms with Crippen LogP contribution in [0.25, 0.3) is 0 Å². The summed E-state index contributed by atoms with van der Waals surface area (Å²) in [5.74, 6) is -1.18. The van der Waals surface area contributed by atoms with E-state index in [9.17, 15) is 9.18 Å². The molecule has 0 spiro atoms. The molecule has 0 amide bonds. The molecule has 0 saturated heterocycles. The lowest BCUT2D eigenvalue weighted by Crippen LogP contribution is -2.10. The molecule has 0 aliphatic rings. The summed E-state index contributed by atoms with van der Waals surface area (Å²) in [5, 5.41) is 8.06. The number of aliphatic carboxylic acids is 1. The Kier molecular flexibility index (Phi) is 4.09. The molecule has 1 aromatic rings. The zero-order chi connectivity index (χ0) is 11.4. The minimum Gasteiger partial charge on any atom is -0.481 e. The van der Waals surface area contributed by atoms with E-state index in [1.807, 2.05) is 0 Å². The number of rotatable bonds is 4. The maximum Gasteiger partial charge on any atom is 0.304 e. The van der Waals surface area contributed by atoms with E-state index in [-0.39, 0.29) is 12.2 Å². The third-order valence-electron chi connectivity index (χ3n) is 2.08. The van der Waals surface area contributed by atoms with E-state index < -0.39 is 11.3 Å². The molecule has 0 radical (unpaired) electrons. The Labute approximate surface area is 92.7 Å². The number of halogens is 2. The summed E-state index contributed by atoms with van der Waals surface area (Å²) in [7, 11) is 0. The second kappa shape index (κ2) is 5.12. The van der Waals surface area contributed by atoms with Crippen LogP contribution in [0.2, 0.25) is 0 Å². The smallest absolute Gasteiger partial charge is 0.304 e. The average molecular weight is 231 g/mol. The molecule has 0 aliphatic heterocycles. The lowest BCUT2D eigenvalue weighted by molar-refractivity contribution is -0.137. The number of carbonyl (C=O) groups is 1. The highest BCUT2D eigenvalue weighted by Crippen LogP contribution is 2.15. The molecule has 15 heavy (non-hydrogen) atoms. The summed E-state index contributed by atoms with van der Waals surface area (Å²) in [6.07, 6.45) is 0.354. The van der Waals surface area contributed by atoms with Crippen LogP contribution in [-0.4, -0.2) is 16.5 Å². The SMILES string of the molecule is Cc1cc(CC(Cl)CC(=O)O)ccc1F. The van der Waals surface area contributed by atoms with Gasteiger partial charge in [-0.3, -0.25) is 4.79 Å². The highest BCUT2D eigenvalue weighted by Gasteiger charge is 2.11. The van der Waals surface area contributed by atoms with Crippen LogP contribution in [0, 0.1) is 12.7 Å². The predicted octanol–water partition coefficient (Wildman–Crippen LogP) is 2.76. The fraction of sp³-hybridized carbons (Fsp3) is 0.364. The van der Waals surface area contributed by atoms with Crippen LogP contribution in [0.4, 0.5) is 4.39 Å². The van der Waals surface area contributed by atoms with Crippen LogP contribution in [-0.2, 0) is 11.2 Å². The average Bonchev–Trinajstić information content (AvgIpc) is 2.10. The summed E-state index contributed by atoms with van der Waals surface area (Å²) in [6, 6.07) is 4.68. The van der Waals surface area contributed by atoms with Crippen molar-refractivity contribution in [3.8, 4) is 0 Å². The van der Waals surface area contributed by atoms with Gasteiger partial charge in [0.25, 0.3) is 0 Å². The van der Waals surface area contributed by atoms with Gasteiger partial charge in [-0.15, -0.1) is 11.6 Å². The molecule has 1 rings (SSSR count). The maximum atomic E-state index is 12.9. The number of hydrogen-bond donors (Lipinski definition) is 1. The van der Waals surface area contributed by atoms with Crippen molar-refractivity contribution in [1.82, 2.24) is 0 Å². The first-order valence-electron chi connectivity index (χ1n) is 4.60. The van der Waals surface area contributed by atoms with Gasteiger partial charge >= 0.3 is 5.97 Å². The summed E-state index contributed by atoms with van der Waals surface area (Å²) < 4.78 is 12.9. The van der Waals surface area contributed by atoms with Crippen molar-refractivity contribution in [2.45, 2.75) is 25.1 Å². The van der Waals surface area contributed by atoms with Crippen molar-refractivity contribution in [2.75, 3.05) is 0 Å². The van der Waals surface area contributed by atoms with Crippen molar-refractivity contribution in [1.29, 1.82) is 0 Å². The fourth-order valence-corrected chi connectivity index (χ4v) is 1.66. The monoisotopic (exact) mass is 230 g/mol. The molecular formula is C11H12ClFO2. The number of aryl methyl sites for hydroxylation is 1. The van der Waals surface area contributed by atoms with E-state index in [0.717, 1.165) is 5.56 Å². The summed E-state index contributed by atoms with van der Waals surface area (Å²) in [5.41, 5.74) is 1.40. The number of alkyl halides is 1. The van der Waals surface area contributed by atoms with Gasteiger partial charge in [0.2, 0.25) is 0 Å². The molecule has 1 N–H and O–H groups in total. The molecule has 1 aromatic carbocycles. The van der Waals surface area contributed by atoms with Gasteiger partial charge in [-0.1, -0.05) is 12.1 Å². The second-order valence-electron chi connectivity index (χ2n) is 3.48. The van der Waals surface area contributed by atoms with Crippen LogP contribution >= 0.6 is 11.6 Å². The lowest BCUT2D eigenvalue weighted by atomic mass is 10.1. The van der Waals surface area contributed by atoms with Crippen LogP contribution in [0.1, 0.15) is 17.5 Å².